The molecule has 2 saturated heterocycles. The van der Waals surface area contributed by atoms with Crippen molar-refractivity contribution in [1.29, 1.82) is 0 Å². The largest absolute Gasteiger partial charge is 0.490 e. The second-order valence-electron chi connectivity index (χ2n) is 8.16. The zero-order chi connectivity index (χ0) is 21.5. The fourth-order valence-electron chi connectivity index (χ4n) is 4.11. The van der Waals surface area contributed by atoms with Crippen molar-refractivity contribution in [2.45, 2.75) is 44.3 Å². The molecular formula is C25H30N2O4. The first-order chi connectivity index (χ1) is 15.2. The van der Waals surface area contributed by atoms with Gasteiger partial charge in [-0.3, -0.25) is 9.59 Å². The minimum absolute atomic E-state index is 0.0802. The minimum atomic E-state index is -0.246. The van der Waals surface area contributed by atoms with Crippen LogP contribution in [-0.2, 0) is 16.0 Å². The van der Waals surface area contributed by atoms with Gasteiger partial charge in [0.15, 0.2) is 0 Å². The summed E-state index contributed by atoms with van der Waals surface area (Å²) < 4.78 is 11.6. The van der Waals surface area contributed by atoms with Crippen LogP contribution < -0.4 is 10.1 Å². The summed E-state index contributed by atoms with van der Waals surface area (Å²) in [7, 11) is 0. The molecule has 4 rings (SSSR count). The van der Waals surface area contributed by atoms with Gasteiger partial charge in [0.05, 0.1) is 0 Å². The number of nitrogens with zero attached hydrogens (tertiary/aromatic N) is 1. The molecule has 164 valence electrons. The SMILES string of the molecule is O=C(NCCc1ccccc1)c1ccc(OC2CCN(C(=O)C3CCCO3)CC2)cc1. The number of carbonyl (C=O) groups is 2. The Morgan fingerprint density at radius 3 is 2.42 bits per heavy atom. The van der Waals surface area contributed by atoms with Gasteiger partial charge in [-0.2, -0.15) is 0 Å². The molecule has 1 atom stereocenters. The van der Waals surface area contributed by atoms with E-state index in [2.05, 4.69) is 17.4 Å². The Labute approximate surface area is 183 Å². The van der Waals surface area contributed by atoms with Crippen LogP contribution in [0, 0.1) is 0 Å². The highest BCUT2D eigenvalue weighted by molar-refractivity contribution is 5.94. The quantitative estimate of drug-likeness (QED) is 0.744. The maximum absolute atomic E-state index is 12.4. The third kappa shape index (κ3) is 5.85. The van der Waals surface area contributed by atoms with E-state index in [9.17, 15) is 9.59 Å². The molecule has 0 spiro atoms. The fourth-order valence-corrected chi connectivity index (χ4v) is 4.11. The third-order valence-electron chi connectivity index (χ3n) is 5.92. The average molecular weight is 423 g/mol. The number of hydrogen-bond donors (Lipinski definition) is 1. The van der Waals surface area contributed by atoms with Crippen molar-refractivity contribution in [2.75, 3.05) is 26.2 Å². The van der Waals surface area contributed by atoms with Gasteiger partial charge in [-0.25, -0.2) is 0 Å². The predicted molar refractivity (Wildman–Crippen MR) is 118 cm³/mol. The van der Waals surface area contributed by atoms with Gasteiger partial charge >= 0.3 is 0 Å². The predicted octanol–water partition coefficient (Wildman–Crippen LogP) is 3.21. The molecule has 6 nitrogen and oxygen atoms in total. The van der Waals surface area contributed by atoms with Gasteiger partial charge in [-0.05, 0) is 49.1 Å². The Morgan fingerprint density at radius 2 is 1.74 bits per heavy atom. The van der Waals surface area contributed by atoms with E-state index in [0.29, 0.717) is 31.8 Å². The lowest BCUT2D eigenvalue weighted by Crippen LogP contribution is -2.45. The number of likely N-dealkylation sites (tertiary alicyclic amines) is 1. The van der Waals surface area contributed by atoms with Crippen molar-refractivity contribution < 1.29 is 19.1 Å². The third-order valence-corrected chi connectivity index (χ3v) is 5.92. The van der Waals surface area contributed by atoms with Crippen LogP contribution in [0.1, 0.15) is 41.6 Å². The maximum atomic E-state index is 12.4. The summed E-state index contributed by atoms with van der Waals surface area (Å²) in [5.74, 6) is 0.798. The van der Waals surface area contributed by atoms with Crippen molar-refractivity contribution in [3.05, 3.63) is 65.7 Å². The topological polar surface area (TPSA) is 67.9 Å². The van der Waals surface area contributed by atoms with Crippen LogP contribution in [0.3, 0.4) is 0 Å². The zero-order valence-corrected chi connectivity index (χ0v) is 17.8. The molecule has 2 fully saturated rings. The number of rotatable bonds is 7. The average Bonchev–Trinajstić information content (AvgIpc) is 3.35. The van der Waals surface area contributed by atoms with Crippen molar-refractivity contribution >= 4 is 11.8 Å². The van der Waals surface area contributed by atoms with Gasteiger partial charge < -0.3 is 19.7 Å². The highest BCUT2D eigenvalue weighted by atomic mass is 16.5. The first-order valence-corrected chi connectivity index (χ1v) is 11.2. The monoisotopic (exact) mass is 422 g/mol. The van der Waals surface area contributed by atoms with Gasteiger partial charge in [0.2, 0.25) is 0 Å². The first kappa shape index (κ1) is 21.4. The lowest BCUT2D eigenvalue weighted by molar-refractivity contribution is -0.142. The molecule has 2 aliphatic rings. The van der Waals surface area contributed by atoms with Crippen molar-refractivity contribution in [1.82, 2.24) is 10.2 Å². The molecule has 31 heavy (non-hydrogen) atoms. The fraction of sp³-hybridized carbons (Fsp3) is 0.440. The number of hydrogen-bond acceptors (Lipinski definition) is 4. The van der Waals surface area contributed by atoms with Crippen molar-refractivity contribution in [3.63, 3.8) is 0 Å². The summed E-state index contributed by atoms with van der Waals surface area (Å²) in [6.07, 6.45) is 4.06. The van der Waals surface area contributed by atoms with E-state index in [1.807, 2.05) is 35.2 Å². The van der Waals surface area contributed by atoms with Crippen LogP contribution in [0.2, 0.25) is 0 Å². The van der Waals surface area contributed by atoms with Crippen LogP contribution in [0.4, 0.5) is 0 Å². The molecule has 0 aromatic heterocycles. The van der Waals surface area contributed by atoms with E-state index >= 15 is 0 Å². The number of ether oxygens (including phenoxy) is 2. The molecule has 2 aliphatic heterocycles. The number of carbonyl (C=O) groups excluding carboxylic acids is 2. The van der Waals surface area contributed by atoms with Gasteiger partial charge in [-0.15, -0.1) is 0 Å². The minimum Gasteiger partial charge on any atom is -0.490 e. The molecular weight excluding hydrogens is 392 g/mol. The second kappa shape index (κ2) is 10.4. The van der Waals surface area contributed by atoms with E-state index < -0.39 is 0 Å². The summed E-state index contributed by atoms with van der Waals surface area (Å²) >= 11 is 0. The Balaban J connectivity index is 1.20. The van der Waals surface area contributed by atoms with Gasteiger partial charge in [0, 0.05) is 44.6 Å². The van der Waals surface area contributed by atoms with E-state index in [-0.39, 0.29) is 24.0 Å². The maximum Gasteiger partial charge on any atom is 0.251 e. The highest BCUT2D eigenvalue weighted by Crippen LogP contribution is 2.22. The molecule has 2 heterocycles. The van der Waals surface area contributed by atoms with Crippen LogP contribution in [0.5, 0.6) is 5.75 Å². The van der Waals surface area contributed by atoms with Crippen molar-refractivity contribution in [3.8, 4) is 5.75 Å². The van der Waals surface area contributed by atoms with Gasteiger partial charge in [0.1, 0.15) is 18.0 Å². The van der Waals surface area contributed by atoms with E-state index in [0.717, 1.165) is 37.9 Å². The first-order valence-electron chi connectivity index (χ1n) is 11.2. The molecule has 1 N–H and O–H groups in total. The van der Waals surface area contributed by atoms with E-state index in [4.69, 9.17) is 9.47 Å². The van der Waals surface area contributed by atoms with Crippen LogP contribution in [0.25, 0.3) is 0 Å². The van der Waals surface area contributed by atoms with Crippen LogP contribution in [-0.4, -0.2) is 55.2 Å². The number of amides is 2. The molecule has 0 aliphatic carbocycles. The smallest absolute Gasteiger partial charge is 0.251 e. The molecule has 6 heteroatoms. The molecule has 2 amide bonds. The lowest BCUT2D eigenvalue weighted by atomic mass is 10.1. The van der Waals surface area contributed by atoms with E-state index in [1.54, 1.807) is 12.1 Å². The highest BCUT2D eigenvalue weighted by Gasteiger charge is 2.31. The number of nitrogens with one attached hydrogen (secondary N) is 1. The number of piperidine rings is 1. The molecule has 1 unspecified atom stereocenters. The van der Waals surface area contributed by atoms with Crippen LogP contribution >= 0.6 is 0 Å². The summed E-state index contributed by atoms with van der Waals surface area (Å²) in [5.41, 5.74) is 1.83. The number of benzene rings is 2. The van der Waals surface area contributed by atoms with Crippen LogP contribution in [0.15, 0.2) is 54.6 Å². The molecule has 2 aromatic rings. The summed E-state index contributed by atoms with van der Waals surface area (Å²) in [6, 6.07) is 17.4. The zero-order valence-electron chi connectivity index (χ0n) is 17.8. The summed E-state index contributed by atoms with van der Waals surface area (Å²) in [6.45, 7) is 2.69. The summed E-state index contributed by atoms with van der Waals surface area (Å²) in [4.78, 5) is 26.7. The summed E-state index contributed by atoms with van der Waals surface area (Å²) in [5, 5.41) is 2.96. The lowest BCUT2D eigenvalue weighted by Gasteiger charge is -2.33. The Morgan fingerprint density at radius 1 is 1.00 bits per heavy atom. The van der Waals surface area contributed by atoms with Gasteiger partial charge in [0.25, 0.3) is 11.8 Å². The van der Waals surface area contributed by atoms with Gasteiger partial charge in [-0.1, -0.05) is 30.3 Å². The van der Waals surface area contributed by atoms with Crippen molar-refractivity contribution in [2.24, 2.45) is 0 Å². The Kier molecular flexibility index (Phi) is 7.20. The Hall–Kier alpha value is -2.86. The standard InChI is InChI=1S/C25H30N2O4/c28-24(26-15-12-19-5-2-1-3-6-19)20-8-10-21(11-9-20)31-22-13-16-27(17-14-22)25(29)23-7-4-18-30-23/h1-3,5-6,8-11,22-23H,4,7,12-18H2,(H,26,28). The van der Waals surface area contributed by atoms with E-state index in [1.165, 1.54) is 5.56 Å². The second-order valence-corrected chi connectivity index (χ2v) is 8.16. The molecule has 2 aromatic carbocycles. The molecule has 0 saturated carbocycles. The molecule has 0 bridgehead atoms. The normalized spacial score (nSPS) is 19.2. The Bertz CT molecular complexity index is 855. The molecule has 0 radical (unpaired) electrons.